The summed E-state index contributed by atoms with van der Waals surface area (Å²) in [6.45, 7) is 0. The van der Waals surface area contributed by atoms with Gasteiger partial charge in [-0.2, -0.15) is 5.26 Å². The number of nitrogens with two attached hydrogens (primary N) is 2. The summed E-state index contributed by atoms with van der Waals surface area (Å²) in [5.41, 5.74) is 15.2. The highest BCUT2D eigenvalue weighted by molar-refractivity contribution is 7.19. The maximum Gasteiger partial charge on any atom is 0.146 e. The zero-order chi connectivity index (χ0) is 15.3. The zero-order valence-electron chi connectivity index (χ0n) is 11.9. The second-order valence-electron chi connectivity index (χ2n) is 5.55. The fourth-order valence-electron chi connectivity index (χ4n) is 3.06. The normalized spacial score (nSPS) is 16.7. The minimum Gasteiger partial charge on any atom is -0.390 e. The number of thiazole rings is 1. The van der Waals surface area contributed by atoms with E-state index in [1.54, 1.807) is 22.7 Å². The maximum absolute atomic E-state index is 9.12. The SMILES string of the molecule is N#CC1=C(N)Nc2nc(-c3c(N)sc4c3CCCC4)sc2C1. The van der Waals surface area contributed by atoms with E-state index in [9.17, 15) is 0 Å². The molecule has 5 N–H and O–H groups in total. The minimum atomic E-state index is 0.409. The number of nitriles is 1. The van der Waals surface area contributed by atoms with Gasteiger partial charge in [-0.05, 0) is 31.2 Å². The van der Waals surface area contributed by atoms with Crippen molar-refractivity contribution in [3.63, 3.8) is 0 Å². The average Bonchev–Trinajstić information content (AvgIpc) is 3.04. The van der Waals surface area contributed by atoms with Crippen molar-refractivity contribution in [2.45, 2.75) is 32.1 Å². The third kappa shape index (κ3) is 1.99. The molecular weight excluding hydrogens is 314 g/mol. The molecule has 3 heterocycles. The number of rotatable bonds is 1. The number of allylic oxidation sites excluding steroid dienone is 1. The molecule has 0 amide bonds. The van der Waals surface area contributed by atoms with E-state index in [2.05, 4.69) is 11.4 Å². The first-order valence-electron chi connectivity index (χ1n) is 7.23. The highest BCUT2D eigenvalue weighted by atomic mass is 32.1. The van der Waals surface area contributed by atoms with Gasteiger partial charge in [0.05, 0.1) is 21.5 Å². The van der Waals surface area contributed by atoms with Crippen LogP contribution < -0.4 is 16.8 Å². The van der Waals surface area contributed by atoms with E-state index in [4.69, 9.17) is 21.7 Å². The van der Waals surface area contributed by atoms with Gasteiger partial charge in [0, 0.05) is 16.9 Å². The number of anilines is 2. The van der Waals surface area contributed by atoms with Gasteiger partial charge in [-0.1, -0.05) is 0 Å². The third-order valence-corrected chi connectivity index (χ3v) is 6.35. The summed E-state index contributed by atoms with van der Waals surface area (Å²) in [6, 6.07) is 2.15. The summed E-state index contributed by atoms with van der Waals surface area (Å²) < 4.78 is 0. The fraction of sp³-hybridized carbons (Fsp3) is 0.333. The van der Waals surface area contributed by atoms with E-state index in [1.807, 2.05) is 0 Å². The Morgan fingerprint density at radius 3 is 2.77 bits per heavy atom. The number of nitrogens with zero attached hydrogens (tertiary/aromatic N) is 2. The summed E-state index contributed by atoms with van der Waals surface area (Å²) in [5, 5.41) is 14.0. The second kappa shape index (κ2) is 5.00. The monoisotopic (exact) mass is 329 g/mol. The van der Waals surface area contributed by atoms with Crippen LogP contribution in [0.25, 0.3) is 10.6 Å². The molecule has 0 unspecified atom stereocenters. The molecule has 2 aromatic heterocycles. The molecule has 0 radical (unpaired) electrons. The van der Waals surface area contributed by atoms with Crippen LogP contribution >= 0.6 is 22.7 Å². The molecule has 0 bridgehead atoms. The zero-order valence-corrected chi connectivity index (χ0v) is 13.5. The van der Waals surface area contributed by atoms with Gasteiger partial charge in [0.25, 0.3) is 0 Å². The van der Waals surface area contributed by atoms with Gasteiger partial charge in [0.15, 0.2) is 0 Å². The fourth-order valence-corrected chi connectivity index (χ4v) is 5.40. The highest BCUT2D eigenvalue weighted by Crippen LogP contribution is 2.45. The van der Waals surface area contributed by atoms with Crippen molar-refractivity contribution in [2.75, 3.05) is 11.1 Å². The molecule has 0 aromatic carbocycles. The van der Waals surface area contributed by atoms with Crippen molar-refractivity contribution in [3.05, 3.63) is 26.7 Å². The first-order chi connectivity index (χ1) is 10.7. The predicted molar refractivity (Wildman–Crippen MR) is 90.6 cm³/mol. The van der Waals surface area contributed by atoms with Crippen LogP contribution in [0.5, 0.6) is 0 Å². The van der Waals surface area contributed by atoms with Crippen LogP contribution in [0.15, 0.2) is 11.4 Å². The van der Waals surface area contributed by atoms with Crippen molar-refractivity contribution in [1.82, 2.24) is 4.98 Å². The number of nitrogen functional groups attached to an aromatic ring is 1. The third-order valence-electron chi connectivity index (χ3n) is 4.16. The van der Waals surface area contributed by atoms with Crippen LogP contribution in [-0.4, -0.2) is 4.98 Å². The number of fused-ring (bicyclic) bond motifs is 2. The molecule has 5 nitrogen and oxygen atoms in total. The smallest absolute Gasteiger partial charge is 0.146 e. The molecule has 1 aliphatic heterocycles. The lowest BCUT2D eigenvalue weighted by Gasteiger charge is -2.13. The Hall–Kier alpha value is -2.04. The van der Waals surface area contributed by atoms with Crippen LogP contribution in [0, 0.1) is 11.3 Å². The van der Waals surface area contributed by atoms with Crippen molar-refractivity contribution in [1.29, 1.82) is 5.26 Å². The summed E-state index contributed by atoms with van der Waals surface area (Å²) >= 11 is 3.31. The Bertz CT molecular complexity index is 837. The molecule has 2 aromatic rings. The maximum atomic E-state index is 9.12. The van der Waals surface area contributed by atoms with Crippen LogP contribution in [0.1, 0.15) is 28.2 Å². The molecule has 0 fully saturated rings. The topological polar surface area (TPSA) is 101 Å². The van der Waals surface area contributed by atoms with E-state index in [1.165, 1.54) is 23.3 Å². The van der Waals surface area contributed by atoms with Crippen LogP contribution in [0.4, 0.5) is 10.8 Å². The summed E-state index contributed by atoms with van der Waals surface area (Å²) in [5.74, 6) is 1.18. The lowest BCUT2D eigenvalue weighted by atomic mass is 9.96. The number of thiophene rings is 1. The summed E-state index contributed by atoms with van der Waals surface area (Å²) in [7, 11) is 0. The van der Waals surface area contributed by atoms with Gasteiger partial charge in [-0.25, -0.2) is 4.98 Å². The molecule has 7 heteroatoms. The summed E-state index contributed by atoms with van der Waals surface area (Å²) in [6.07, 6.45) is 5.22. The second-order valence-corrected chi connectivity index (χ2v) is 7.77. The molecule has 1 aliphatic carbocycles. The molecule has 22 heavy (non-hydrogen) atoms. The van der Waals surface area contributed by atoms with Crippen LogP contribution in [0.2, 0.25) is 0 Å². The lowest BCUT2D eigenvalue weighted by Crippen LogP contribution is -2.18. The van der Waals surface area contributed by atoms with Crippen molar-refractivity contribution >= 4 is 33.5 Å². The Morgan fingerprint density at radius 2 is 1.95 bits per heavy atom. The first kappa shape index (κ1) is 13.6. The van der Waals surface area contributed by atoms with Gasteiger partial charge in [0.2, 0.25) is 0 Å². The number of aryl methyl sites for hydroxylation is 1. The minimum absolute atomic E-state index is 0.409. The molecule has 0 saturated carbocycles. The van der Waals surface area contributed by atoms with E-state index in [0.717, 1.165) is 39.1 Å². The van der Waals surface area contributed by atoms with E-state index >= 15 is 0 Å². The average molecular weight is 329 g/mol. The highest BCUT2D eigenvalue weighted by Gasteiger charge is 2.26. The van der Waals surface area contributed by atoms with Gasteiger partial charge in [-0.15, -0.1) is 22.7 Å². The standard InChI is InChI=1S/C15H15N5S2/c16-6-7-5-10-14(19-12(7)17)20-15(22-10)11-8-3-1-2-4-9(8)21-13(11)18/h19H,1-5,17-18H2. The molecule has 0 spiro atoms. The Morgan fingerprint density at radius 1 is 1.14 bits per heavy atom. The Balaban J connectivity index is 1.78. The predicted octanol–water partition coefficient (Wildman–Crippen LogP) is 2.99. The number of hydrogen-bond acceptors (Lipinski definition) is 7. The molecule has 0 saturated heterocycles. The van der Waals surface area contributed by atoms with E-state index in [0.29, 0.717) is 17.8 Å². The van der Waals surface area contributed by atoms with Crippen LogP contribution in [-0.2, 0) is 19.3 Å². The number of hydrogen-bond donors (Lipinski definition) is 3. The molecular formula is C15H15N5S2. The van der Waals surface area contributed by atoms with Gasteiger partial charge in [0.1, 0.15) is 16.6 Å². The molecule has 0 atom stereocenters. The van der Waals surface area contributed by atoms with Crippen molar-refractivity contribution < 1.29 is 0 Å². The Labute approximate surface area is 136 Å². The van der Waals surface area contributed by atoms with E-state index in [-0.39, 0.29) is 0 Å². The first-order valence-corrected chi connectivity index (χ1v) is 8.86. The quantitative estimate of drug-likeness (QED) is 0.746. The number of aromatic nitrogens is 1. The van der Waals surface area contributed by atoms with Gasteiger partial charge >= 0.3 is 0 Å². The molecule has 2 aliphatic rings. The largest absolute Gasteiger partial charge is 0.390 e. The van der Waals surface area contributed by atoms with E-state index < -0.39 is 0 Å². The van der Waals surface area contributed by atoms with Crippen molar-refractivity contribution in [2.24, 2.45) is 5.73 Å². The summed E-state index contributed by atoms with van der Waals surface area (Å²) in [4.78, 5) is 7.16. The van der Waals surface area contributed by atoms with Gasteiger partial charge in [-0.3, -0.25) is 0 Å². The van der Waals surface area contributed by atoms with Crippen LogP contribution in [0.3, 0.4) is 0 Å². The van der Waals surface area contributed by atoms with Crippen molar-refractivity contribution in [3.8, 4) is 16.6 Å². The molecule has 112 valence electrons. The molecule has 4 rings (SSSR count). The lowest BCUT2D eigenvalue weighted by molar-refractivity contribution is 0.698. The Kier molecular flexibility index (Phi) is 3.10. The van der Waals surface area contributed by atoms with Gasteiger partial charge < -0.3 is 16.8 Å². The number of nitrogens with one attached hydrogen (secondary N) is 1.